The van der Waals surface area contributed by atoms with Crippen molar-refractivity contribution in [2.45, 2.75) is 64.6 Å². The van der Waals surface area contributed by atoms with E-state index in [1.807, 2.05) is 6.07 Å². The van der Waals surface area contributed by atoms with Gasteiger partial charge in [0.2, 0.25) is 0 Å². The largest absolute Gasteiger partial charge is 0.374 e. The first kappa shape index (κ1) is 19.2. The molecule has 0 spiro atoms. The van der Waals surface area contributed by atoms with Gasteiger partial charge < -0.3 is 9.47 Å². The van der Waals surface area contributed by atoms with Crippen LogP contribution in [0.3, 0.4) is 0 Å². The van der Waals surface area contributed by atoms with Crippen LogP contribution in [-0.4, -0.2) is 26.9 Å². The minimum Gasteiger partial charge on any atom is -0.374 e. The minimum absolute atomic E-state index is 0.197. The maximum Gasteiger partial charge on any atom is 0.0861 e. The summed E-state index contributed by atoms with van der Waals surface area (Å²) in [5.74, 6) is 0. The summed E-state index contributed by atoms with van der Waals surface area (Å²) in [4.78, 5) is 0. The Kier molecular flexibility index (Phi) is 7.32. The molecule has 1 aromatic rings. The molecule has 1 aromatic carbocycles. The van der Waals surface area contributed by atoms with Gasteiger partial charge in [0.05, 0.1) is 33.5 Å². The first-order valence-electron chi connectivity index (χ1n) is 8.58. The van der Waals surface area contributed by atoms with Gasteiger partial charge in [0, 0.05) is 6.42 Å². The predicted octanol–water partition coefficient (Wildman–Crippen LogP) is 5.73. The fourth-order valence-electron chi connectivity index (χ4n) is 3.18. The highest BCUT2D eigenvalue weighted by Gasteiger charge is 2.35. The van der Waals surface area contributed by atoms with E-state index in [0.717, 1.165) is 12.8 Å². The number of benzene rings is 1. The van der Waals surface area contributed by atoms with E-state index in [9.17, 15) is 0 Å². The van der Waals surface area contributed by atoms with Crippen LogP contribution in [-0.2, 0) is 16.1 Å². The zero-order valence-electron chi connectivity index (χ0n) is 14.8. The van der Waals surface area contributed by atoms with E-state index in [-0.39, 0.29) is 6.10 Å². The van der Waals surface area contributed by atoms with Crippen molar-refractivity contribution in [1.82, 2.24) is 0 Å². The van der Waals surface area contributed by atoms with Crippen LogP contribution in [0.2, 0.25) is 19.6 Å². The Labute approximate surface area is 155 Å². The highest BCUT2D eigenvalue weighted by Crippen LogP contribution is 2.37. The number of hydrogen-bond acceptors (Lipinski definition) is 2. The van der Waals surface area contributed by atoms with Crippen LogP contribution in [0.25, 0.3) is 0 Å². The van der Waals surface area contributed by atoms with Gasteiger partial charge in [0.25, 0.3) is 0 Å². The van der Waals surface area contributed by atoms with E-state index >= 15 is 0 Å². The lowest BCUT2D eigenvalue weighted by Gasteiger charge is -2.38. The highest BCUT2D eigenvalue weighted by molar-refractivity contribution is 14.1. The van der Waals surface area contributed by atoms with Crippen LogP contribution in [0, 0.1) is 0 Å². The molecular weight excluding hydrogens is 415 g/mol. The monoisotopic (exact) mass is 444 g/mol. The third-order valence-electron chi connectivity index (χ3n) is 4.15. The fourth-order valence-corrected chi connectivity index (χ4v) is 8.54. The Hall–Kier alpha value is -0.173. The molecule has 0 saturated heterocycles. The molecule has 23 heavy (non-hydrogen) atoms. The second-order valence-corrected chi connectivity index (χ2v) is 13.6. The molecular formula is C19H29IO2Si. The summed E-state index contributed by atoms with van der Waals surface area (Å²) < 4.78 is 13.9. The molecule has 2 rings (SSSR count). The summed E-state index contributed by atoms with van der Waals surface area (Å²) >= 11 is 2.56. The SMILES string of the molecule is CCC[C@H]1O[C@@H](COCc2ccccc2)CC(I)=C1[Si](C)(C)C. The molecule has 128 valence electrons. The first-order chi connectivity index (χ1) is 10.9. The van der Waals surface area contributed by atoms with E-state index in [4.69, 9.17) is 9.47 Å². The average Bonchev–Trinajstić information content (AvgIpc) is 2.47. The highest BCUT2D eigenvalue weighted by atomic mass is 127. The van der Waals surface area contributed by atoms with Crippen molar-refractivity contribution in [3.8, 4) is 0 Å². The lowest BCUT2D eigenvalue weighted by Crippen LogP contribution is -2.41. The molecule has 1 aliphatic heterocycles. The third-order valence-corrected chi connectivity index (χ3v) is 7.92. The molecule has 0 saturated carbocycles. The van der Waals surface area contributed by atoms with Crippen LogP contribution >= 0.6 is 22.6 Å². The van der Waals surface area contributed by atoms with E-state index < -0.39 is 8.07 Å². The molecule has 0 aromatic heterocycles. The maximum atomic E-state index is 6.42. The van der Waals surface area contributed by atoms with E-state index in [1.54, 1.807) is 5.20 Å². The first-order valence-corrected chi connectivity index (χ1v) is 13.2. The van der Waals surface area contributed by atoms with Gasteiger partial charge in [0.1, 0.15) is 0 Å². The zero-order valence-corrected chi connectivity index (χ0v) is 17.9. The molecule has 0 radical (unpaired) electrons. The van der Waals surface area contributed by atoms with Crippen molar-refractivity contribution in [1.29, 1.82) is 0 Å². The van der Waals surface area contributed by atoms with Gasteiger partial charge >= 0.3 is 0 Å². The Morgan fingerprint density at radius 2 is 1.91 bits per heavy atom. The lowest BCUT2D eigenvalue weighted by molar-refractivity contribution is -0.0542. The number of hydrogen-bond donors (Lipinski definition) is 0. The predicted molar refractivity (Wildman–Crippen MR) is 109 cm³/mol. The smallest absolute Gasteiger partial charge is 0.0861 e. The Bertz CT molecular complexity index is 522. The van der Waals surface area contributed by atoms with E-state index in [0.29, 0.717) is 19.3 Å². The number of ether oxygens (including phenoxy) is 2. The van der Waals surface area contributed by atoms with Crippen LogP contribution in [0.5, 0.6) is 0 Å². The van der Waals surface area contributed by atoms with Gasteiger partial charge in [-0.3, -0.25) is 0 Å². The van der Waals surface area contributed by atoms with Crippen LogP contribution in [0.15, 0.2) is 39.1 Å². The standard InChI is InChI=1S/C19H29IO2Si/c1-5-9-18-19(23(2,3)4)17(20)12-16(22-18)14-21-13-15-10-7-6-8-11-15/h6-8,10-11,16,18H,5,9,12-14H2,1-4H3/t16-,18-/m1/s1. The summed E-state index contributed by atoms with van der Waals surface area (Å²) in [6.07, 6.45) is 3.80. The summed E-state index contributed by atoms with van der Waals surface area (Å²) in [6.45, 7) is 10.9. The van der Waals surface area contributed by atoms with Crippen molar-refractivity contribution in [2.75, 3.05) is 6.61 Å². The quantitative estimate of drug-likeness (QED) is 0.395. The Balaban J connectivity index is 1.96. The van der Waals surface area contributed by atoms with Gasteiger partial charge in [-0.25, -0.2) is 0 Å². The molecule has 4 heteroatoms. The molecule has 0 aliphatic carbocycles. The van der Waals surface area contributed by atoms with Gasteiger partial charge in [-0.05, 0) is 43.4 Å². The van der Waals surface area contributed by atoms with E-state index in [2.05, 4.69) is 73.4 Å². The molecule has 0 bridgehead atoms. The molecule has 2 atom stereocenters. The lowest BCUT2D eigenvalue weighted by atomic mass is 10.1. The topological polar surface area (TPSA) is 18.5 Å². The molecule has 2 nitrogen and oxygen atoms in total. The summed E-state index contributed by atoms with van der Waals surface area (Å²) in [6, 6.07) is 10.4. The van der Waals surface area contributed by atoms with Crippen LogP contribution in [0.1, 0.15) is 31.7 Å². The zero-order chi connectivity index (χ0) is 16.9. The number of halogens is 1. The fraction of sp³-hybridized carbons (Fsp3) is 0.579. The second kappa shape index (κ2) is 8.79. The summed E-state index contributed by atoms with van der Waals surface area (Å²) in [5.41, 5.74) is 1.22. The molecule has 1 heterocycles. The Morgan fingerprint density at radius 3 is 2.52 bits per heavy atom. The Morgan fingerprint density at radius 1 is 1.22 bits per heavy atom. The van der Waals surface area contributed by atoms with Crippen molar-refractivity contribution in [3.05, 3.63) is 44.7 Å². The normalized spacial score (nSPS) is 22.5. The van der Waals surface area contributed by atoms with Crippen LogP contribution in [0.4, 0.5) is 0 Å². The minimum atomic E-state index is -1.33. The van der Waals surface area contributed by atoms with Gasteiger partial charge in [-0.2, -0.15) is 0 Å². The number of rotatable bonds is 7. The molecule has 0 fully saturated rings. The van der Waals surface area contributed by atoms with Gasteiger partial charge in [0.15, 0.2) is 0 Å². The summed E-state index contributed by atoms with van der Waals surface area (Å²) in [5, 5.41) is 1.62. The van der Waals surface area contributed by atoms with Crippen molar-refractivity contribution in [2.24, 2.45) is 0 Å². The average molecular weight is 444 g/mol. The molecule has 0 N–H and O–H groups in total. The van der Waals surface area contributed by atoms with Gasteiger partial charge in [-0.15, -0.1) is 0 Å². The van der Waals surface area contributed by atoms with Crippen molar-refractivity contribution >= 4 is 30.7 Å². The van der Waals surface area contributed by atoms with Crippen LogP contribution < -0.4 is 0 Å². The summed E-state index contributed by atoms with van der Waals surface area (Å²) in [7, 11) is -1.33. The molecule has 0 unspecified atom stereocenters. The van der Waals surface area contributed by atoms with E-state index in [1.165, 1.54) is 15.6 Å². The third kappa shape index (κ3) is 5.69. The van der Waals surface area contributed by atoms with Crippen molar-refractivity contribution < 1.29 is 9.47 Å². The molecule has 0 amide bonds. The maximum absolute atomic E-state index is 6.42. The second-order valence-electron chi connectivity index (χ2n) is 7.31. The molecule has 1 aliphatic rings. The van der Waals surface area contributed by atoms with Crippen molar-refractivity contribution in [3.63, 3.8) is 0 Å². The van der Waals surface area contributed by atoms with Gasteiger partial charge in [-0.1, -0.05) is 63.3 Å².